The Morgan fingerprint density at radius 3 is 2.83 bits per heavy atom. The number of hydrogen-bond donors (Lipinski definition) is 1. The van der Waals surface area contributed by atoms with Gasteiger partial charge in [0.05, 0.1) is 14.2 Å². The van der Waals surface area contributed by atoms with Crippen molar-refractivity contribution in [2.24, 2.45) is 5.11 Å². The molecule has 18 heavy (non-hydrogen) atoms. The lowest BCUT2D eigenvalue weighted by atomic mass is 10.2. The molecule has 0 unspecified atom stereocenters. The molecular weight excluding hydrogens is 236 g/mol. The van der Waals surface area contributed by atoms with Crippen LogP contribution in [-0.4, -0.2) is 26.7 Å². The zero-order valence-corrected chi connectivity index (χ0v) is 10.2. The second-order valence-corrected chi connectivity index (χ2v) is 3.32. The SMILES string of the molecule is COc1cccc(CNC(=O)CN=[N+]=[N-])c1OC. The van der Waals surface area contributed by atoms with Gasteiger partial charge in [0.1, 0.15) is 6.54 Å². The van der Waals surface area contributed by atoms with Gasteiger partial charge < -0.3 is 14.8 Å². The summed E-state index contributed by atoms with van der Waals surface area (Å²) in [5, 5.41) is 5.79. The average molecular weight is 250 g/mol. The predicted octanol–water partition coefficient (Wildman–Crippen LogP) is 1.63. The first-order valence-electron chi connectivity index (χ1n) is 5.20. The lowest BCUT2D eigenvalue weighted by molar-refractivity contribution is -0.119. The van der Waals surface area contributed by atoms with Gasteiger partial charge in [-0.2, -0.15) is 0 Å². The number of hydrogen-bond acceptors (Lipinski definition) is 4. The molecule has 0 atom stereocenters. The Kier molecular flexibility index (Phi) is 5.34. The lowest BCUT2D eigenvalue weighted by Gasteiger charge is -2.12. The summed E-state index contributed by atoms with van der Waals surface area (Å²) < 4.78 is 10.4. The van der Waals surface area contributed by atoms with Gasteiger partial charge in [0.2, 0.25) is 5.91 Å². The van der Waals surface area contributed by atoms with E-state index in [1.165, 1.54) is 7.11 Å². The van der Waals surface area contributed by atoms with E-state index in [0.717, 1.165) is 5.56 Å². The number of ether oxygens (including phenoxy) is 2. The predicted molar refractivity (Wildman–Crippen MR) is 65.4 cm³/mol. The smallest absolute Gasteiger partial charge is 0.226 e. The van der Waals surface area contributed by atoms with Crippen LogP contribution in [0.15, 0.2) is 23.3 Å². The Morgan fingerprint density at radius 2 is 2.22 bits per heavy atom. The second-order valence-electron chi connectivity index (χ2n) is 3.32. The van der Waals surface area contributed by atoms with E-state index >= 15 is 0 Å². The zero-order chi connectivity index (χ0) is 13.4. The Balaban J connectivity index is 2.72. The van der Waals surface area contributed by atoms with E-state index < -0.39 is 0 Å². The van der Waals surface area contributed by atoms with Crippen LogP contribution in [0.2, 0.25) is 0 Å². The quantitative estimate of drug-likeness (QED) is 0.472. The van der Waals surface area contributed by atoms with Crippen molar-refractivity contribution in [3.05, 3.63) is 34.2 Å². The van der Waals surface area contributed by atoms with Crippen molar-refractivity contribution in [3.63, 3.8) is 0 Å². The zero-order valence-electron chi connectivity index (χ0n) is 10.2. The van der Waals surface area contributed by atoms with Crippen LogP contribution in [0.1, 0.15) is 5.56 Å². The van der Waals surface area contributed by atoms with Crippen LogP contribution in [0.25, 0.3) is 10.4 Å². The maximum atomic E-state index is 11.3. The molecule has 0 saturated heterocycles. The van der Waals surface area contributed by atoms with Crippen LogP contribution >= 0.6 is 0 Å². The molecule has 1 N–H and O–H groups in total. The third kappa shape index (κ3) is 3.57. The molecule has 0 aliphatic rings. The fourth-order valence-electron chi connectivity index (χ4n) is 1.44. The number of methoxy groups -OCH3 is 2. The summed E-state index contributed by atoms with van der Waals surface area (Å²) in [5.74, 6) is 0.820. The standard InChI is InChI=1S/C11H14N4O3/c1-17-9-5-3-4-8(11(9)18-2)6-13-10(16)7-14-15-12/h3-5H,6-7H2,1-2H3,(H,13,16). The molecule has 96 valence electrons. The van der Waals surface area contributed by atoms with Gasteiger partial charge in [-0.15, -0.1) is 0 Å². The van der Waals surface area contributed by atoms with Gasteiger partial charge in [-0.25, -0.2) is 0 Å². The molecule has 0 fully saturated rings. The average Bonchev–Trinajstić information content (AvgIpc) is 2.41. The highest BCUT2D eigenvalue weighted by molar-refractivity contribution is 5.78. The molecule has 1 rings (SSSR count). The molecule has 0 saturated carbocycles. The van der Waals surface area contributed by atoms with Crippen molar-refractivity contribution in [2.45, 2.75) is 6.54 Å². The summed E-state index contributed by atoms with van der Waals surface area (Å²) in [5.41, 5.74) is 8.88. The van der Waals surface area contributed by atoms with Gasteiger partial charge in [-0.1, -0.05) is 17.2 Å². The van der Waals surface area contributed by atoms with Crippen LogP contribution in [0, 0.1) is 0 Å². The van der Waals surface area contributed by atoms with Gasteiger partial charge in [-0.05, 0) is 11.6 Å². The first kappa shape index (κ1) is 13.7. The molecule has 0 aromatic heterocycles. The maximum absolute atomic E-state index is 11.3. The highest BCUT2D eigenvalue weighted by Crippen LogP contribution is 2.30. The lowest BCUT2D eigenvalue weighted by Crippen LogP contribution is -2.25. The highest BCUT2D eigenvalue weighted by Gasteiger charge is 2.09. The van der Waals surface area contributed by atoms with Gasteiger partial charge >= 0.3 is 0 Å². The van der Waals surface area contributed by atoms with Crippen molar-refractivity contribution < 1.29 is 14.3 Å². The van der Waals surface area contributed by atoms with Crippen molar-refractivity contribution in [1.82, 2.24) is 5.32 Å². The van der Waals surface area contributed by atoms with E-state index in [2.05, 4.69) is 15.3 Å². The molecule has 7 nitrogen and oxygen atoms in total. The Morgan fingerprint density at radius 1 is 1.44 bits per heavy atom. The summed E-state index contributed by atoms with van der Waals surface area (Å²) >= 11 is 0. The third-order valence-corrected chi connectivity index (χ3v) is 2.24. The molecule has 0 heterocycles. The van der Waals surface area contributed by atoms with Gasteiger partial charge in [0.25, 0.3) is 0 Å². The molecule has 0 aliphatic heterocycles. The van der Waals surface area contributed by atoms with E-state index in [0.29, 0.717) is 11.5 Å². The minimum atomic E-state index is -0.349. The number of carbonyl (C=O) groups excluding carboxylic acids is 1. The van der Waals surface area contributed by atoms with E-state index in [1.54, 1.807) is 19.2 Å². The minimum absolute atomic E-state index is 0.219. The van der Waals surface area contributed by atoms with E-state index in [9.17, 15) is 4.79 Å². The first-order chi connectivity index (χ1) is 8.72. The van der Waals surface area contributed by atoms with Crippen LogP contribution in [0.3, 0.4) is 0 Å². The number of nitrogens with zero attached hydrogens (tertiary/aromatic N) is 3. The number of para-hydroxylation sites is 1. The topological polar surface area (TPSA) is 96.3 Å². The van der Waals surface area contributed by atoms with Crippen LogP contribution in [-0.2, 0) is 11.3 Å². The third-order valence-electron chi connectivity index (χ3n) is 2.24. The maximum Gasteiger partial charge on any atom is 0.226 e. The minimum Gasteiger partial charge on any atom is -0.493 e. The van der Waals surface area contributed by atoms with Crippen molar-refractivity contribution in [3.8, 4) is 11.5 Å². The molecular formula is C11H14N4O3. The monoisotopic (exact) mass is 250 g/mol. The normalized spacial score (nSPS) is 9.22. The van der Waals surface area contributed by atoms with Crippen LogP contribution in [0.4, 0.5) is 0 Å². The molecule has 1 aromatic carbocycles. The summed E-state index contributed by atoms with van der Waals surface area (Å²) in [6, 6.07) is 5.38. The molecule has 0 spiro atoms. The van der Waals surface area contributed by atoms with E-state index in [4.69, 9.17) is 15.0 Å². The molecule has 0 radical (unpaired) electrons. The van der Waals surface area contributed by atoms with Crippen molar-refractivity contribution in [2.75, 3.05) is 20.8 Å². The van der Waals surface area contributed by atoms with E-state index in [1.807, 2.05) is 6.07 Å². The van der Waals surface area contributed by atoms with Crippen LogP contribution < -0.4 is 14.8 Å². The second kappa shape index (κ2) is 7.03. The van der Waals surface area contributed by atoms with Crippen molar-refractivity contribution in [1.29, 1.82) is 0 Å². The Hall–Kier alpha value is -2.40. The van der Waals surface area contributed by atoms with Gasteiger partial charge in [0.15, 0.2) is 11.5 Å². The van der Waals surface area contributed by atoms with E-state index in [-0.39, 0.29) is 19.0 Å². The van der Waals surface area contributed by atoms with Gasteiger partial charge in [-0.3, -0.25) is 4.79 Å². The molecule has 1 amide bonds. The Labute approximate surface area is 104 Å². The summed E-state index contributed by atoms with van der Waals surface area (Å²) in [7, 11) is 3.07. The molecule has 7 heteroatoms. The fraction of sp³-hybridized carbons (Fsp3) is 0.364. The largest absolute Gasteiger partial charge is 0.493 e. The van der Waals surface area contributed by atoms with Crippen LogP contribution in [0.5, 0.6) is 11.5 Å². The van der Waals surface area contributed by atoms with Gasteiger partial charge in [0, 0.05) is 17.0 Å². The van der Waals surface area contributed by atoms with Crippen molar-refractivity contribution >= 4 is 5.91 Å². The summed E-state index contributed by atoms with van der Waals surface area (Å²) in [6.07, 6.45) is 0. The molecule has 0 aliphatic carbocycles. The number of benzene rings is 1. The number of rotatable bonds is 6. The fourth-order valence-corrected chi connectivity index (χ4v) is 1.44. The Bertz CT molecular complexity index is 469. The number of carbonyl (C=O) groups is 1. The first-order valence-corrected chi connectivity index (χ1v) is 5.20. The highest BCUT2D eigenvalue weighted by atomic mass is 16.5. The number of amides is 1. The molecule has 0 bridgehead atoms. The number of nitrogens with one attached hydrogen (secondary N) is 1. The number of azide groups is 1. The summed E-state index contributed by atoms with van der Waals surface area (Å²) in [6.45, 7) is 0.0585. The molecule has 1 aromatic rings. The summed E-state index contributed by atoms with van der Waals surface area (Å²) in [4.78, 5) is 13.8.